The Balaban J connectivity index is 0.00000361. The third-order valence-corrected chi connectivity index (χ3v) is 6.59. The lowest BCUT2D eigenvalue weighted by molar-refractivity contribution is -0.274. The van der Waals surface area contributed by atoms with Gasteiger partial charge in [-0.15, -0.1) is 25.6 Å². The molecule has 36 heavy (non-hydrogen) atoms. The molecule has 1 saturated heterocycles. The number of benzene rings is 2. The highest BCUT2D eigenvalue weighted by Crippen LogP contribution is 2.36. The highest BCUT2D eigenvalue weighted by atomic mass is 35.5. The van der Waals surface area contributed by atoms with Gasteiger partial charge in [0.15, 0.2) is 5.75 Å². The van der Waals surface area contributed by atoms with Crippen LogP contribution in [0.25, 0.3) is 10.9 Å². The van der Waals surface area contributed by atoms with Crippen molar-refractivity contribution in [2.24, 2.45) is 5.73 Å². The Morgan fingerprint density at radius 2 is 1.89 bits per heavy atom. The normalized spacial score (nSPS) is 14.7. The number of carbonyl (C=O) groups excluding carboxylic acids is 1. The van der Waals surface area contributed by atoms with Gasteiger partial charge in [0.05, 0.1) is 11.1 Å². The van der Waals surface area contributed by atoms with Crippen LogP contribution in [0.5, 0.6) is 5.75 Å². The summed E-state index contributed by atoms with van der Waals surface area (Å²) in [6.07, 6.45) is -0.433. The minimum Gasteiger partial charge on any atom is -0.404 e. The topological polar surface area (TPSA) is 60.5 Å². The highest BCUT2D eigenvalue weighted by molar-refractivity contribution is 6.08. The van der Waals surface area contributed by atoms with Crippen LogP contribution >= 0.6 is 12.4 Å². The standard InChI is InChI=1S/C26H29F4N3O2.ClH/c1-2-3-11-33-16-21(19-5-4-6-23(24(19)33)35-26(28,29)30)25(34)32-12-9-18(10-13-32)20-14-17(15-31)7-8-22(20)27;/h4-8,14,16,18H,2-3,9-13,15,31H2,1H3;1H. The zero-order valence-corrected chi connectivity index (χ0v) is 20.8. The van der Waals surface area contributed by atoms with Gasteiger partial charge in [-0.2, -0.15) is 0 Å². The molecule has 1 aromatic heterocycles. The first kappa shape index (κ1) is 27.8. The molecular weight excluding hydrogens is 498 g/mol. The molecule has 1 fully saturated rings. The van der Waals surface area contributed by atoms with E-state index in [2.05, 4.69) is 4.74 Å². The van der Waals surface area contributed by atoms with Gasteiger partial charge in [-0.1, -0.05) is 37.6 Å². The second-order valence-corrected chi connectivity index (χ2v) is 8.92. The van der Waals surface area contributed by atoms with Crippen LogP contribution in [-0.2, 0) is 13.1 Å². The molecule has 2 heterocycles. The zero-order valence-electron chi connectivity index (χ0n) is 20.0. The number of hydrogen-bond donors (Lipinski definition) is 1. The third kappa shape index (κ3) is 5.95. The molecule has 1 aliphatic heterocycles. The van der Waals surface area contributed by atoms with Crippen molar-refractivity contribution in [2.75, 3.05) is 13.1 Å². The highest BCUT2D eigenvalue weighted by Gasteiger charge is 2.33. The number of amides is 1. The maximum absolute atomic E-state index is 14.4. The van der Waals surface area contributed by atoms with E-state index in [0.29, 0.717) is 55.5 Å². The van der Waals surface area contributed by atoms with E-state index in [-0.39, 0.29) is 41.3 Å². The number of halogens is 5. The first-order chi connectivity index (χ1) is 16.7. The molecule has 1 amide bonds. The fourth-order valence-corrected chi connectivity index (χ4v) is 4.81. The number of alkyl halides is 3. The molecule has 0 saturated carbocycles. The molecule has 0 unspecified atom stereocenters. The predicted molar refractivity (Wildman–Crippen MR) is 133 cm³/mol. The minimum absolute atomic E-state index is 0. The Kier molecular flexibility index (Phi) is 8.89. The number of fused-ring (bicyclic) bond motifs is 1. The fraction of sp³-hybridized carbons (Fsp3) is 0.423. The van der Waals surface area contributed by atoms with E-state index in [1.165, 1.54) is 18.2 Å². The molecule has 4 rings (SSSR count). The first-order valence-electron chi connectivity index (χ1n) is 11.9. The number of likely N-dealkylation sites (tertiary alicyclic amines) is 1. The lowest BCUT2D eigenvalue weighted by Gasteiger charge is -2.32. The molecule has 10 heteroatoms. The van der Waals surface area contributed by atoms with Crippen molar-refractivity contribution in [3.05, 3.63) is 65.1 Å². The lowest BCUT2D eigenvalue weighted by atomic mass is 9.88. The molecule has 0 aliphatic carbocycles. The van der Waals surface area contributed by atoms with E-state index >= 15 is 0 Å². The maximum atomic E-state index is 14.4. The Hall–Kier alpha value is -2.78. The van der Waals surface area contributed by atoms with Gasteiger partial charge < -0.3 is 19.9 Å². The van der Waals surface area contributed by atoms with E-state index in [1.54, 1.807) is 33.9 Å². The molecule has 0 bridgehead atoms. The van der Waals surface area contributed by atoms with Crippen molar-refractivity contribution in [1.82, 2.24) is 9.47 Å². The number of para-hydroxylation sites is 1. The van der Waals surface area contributed by atoms with E-state index in [4.69, 9.17) is 5.73 Å². The van der Waals surface area contributed by atoms with Crippen molar-refractivity contribution < 1.29 is 27.1 Å². The molecule has 5 nitrogen and oxygen atoms in total. The monoisotopic (exact) mass is 527 g/mol. The maximum Gasteiger partial charge on any atom is 0.573 e. The molecule has 0 spiro atoms. The molecule has 2 aromatic carbocycles. The van der Waals surface area contributed by atoms with Crippen LogP contribution in [0.1, 0.15) is 60.0 Å². The molecule has 0 radical (unpaired) electrons. The summed E-state index contributed by atoms with van der Waals surface area (Å²) in [4.78, 5) is 15.2. The van der Waals surface area contributed by atoms with Crippen LogP contribution in [-0.4, -0.2) is 34.8 Å². The summed E-state index contributed by atoms with van der Waals surface area (Å²) in [5.41, 5.74) is 7.78. The Bertz CT molecular complexity index is 1200. The summed E-state index contributed by atoms with van der Waals surface area (Å²) in [6.45, 7) is 3.64. The van der Waals surface area contributed by atoms with Crippen LogP contribution in [0.2, 0.25) is 0 Å². The number of hydrogen-bond acceptors (Lipinski definition) is 3. The van der Waals surface area contributed by atoms with E-state index in [9.17, 15) is 22.4 Å². The Labute approximate surface area is 213 Å². The molecule has 0 atom stereocenters. The molecular formula is C26H30ClF4N3O2. The fourth-order valence-electron chi connectivity index (χ4n) is 4.81. The van der Waals surface area contributed by atoms with Crippen molar-refractivity contribution in [3.63, 3.8) is 0 Å². The van der Waals surface area contributed by atoms with Crippen LogP contribution < -0.4 is 10.5 Å². The Morgan fingerprint density at radius 3 is 2.53 bits per heavy atom. The average molecular weight is 528 g/mol. The van der Waals surface area contributed by atoms with Gasteiger partial charge in [-0.25, -0.2) is 4.39 Å². The minimum atomic E-state index is -4.84. The SMILES string of the molecule is CCCCn1cc(C(=O)N2CCC(c3cc(CN)ccc3F)CC2)c2cccc(OC(F)(F)F)c21.Cl. The summed E-state index contributed by atoms with van der Waals surface area (Å²) in [5.74, 6) is -0.866. The largest absolute Gasteiger partial charge is 0.573 e. The van der Waals surface area contributed by atoms with E-state index in [1.807, 2.05) is 6.92 Å². The van der Waals surface area contributed by atoms with Gasteiger partial charge in [-0.05, 0) is 48.4 Å². The van der Waals surface area contributed by atoms with Crippen molar-refractivity contribution >= 4 is 29.2 Å². The quantitative estimate of drug-likeness (QED) is 0.363. The van der Waals surface area contributed by atoms with Gasteiger partial charge in [0, 0.05) is 37.8 Å². The average Bonchev–Trinajstić information content (AvgIpc) is 3.21. The first-order valence-corrected chi connectivity index (χ1v) is 11.9. The number of ether oxygens (including phenoxy) is 1. The Morgan fingerprint density at radius 1 is 1.17 bits per heavy atom. The van der Waals surface area contributed by atoms with Gasteiger partial charge >= 0.3 is 6.36 Å². The number of unbranched alkanes of at least 4 members (excludes halogenated alkanes) is 1. The summed E-state index contributed by atoms with van der Waals surface area (Å²) < 4.78 is 59.4. The summed E-state index contributed by atoms with van der Waals surface area (Å²) in [6, 6.07) is 9.27. The number of aromatic nitrogens is 1. The van der Waals surface area contributed by atoms with Crippen molar-refractivity contribution in [3.8, 4) is 5.75 Å². The van der Waals surface area contributed by atoms with Gasteiger partial charge in [0.1, 0.15) is 5.82 Å². The number of aryl methyl sites for hydroxylation is 1. The van der Waals surface area contributed by atoms with Crippen LogP contribution in [0.3, 0.4) is 0 Å². The molecule has 196 valence electrons. The summed E-state index contributed by atoms with van der Waals surface area (Å²) >= 11 is 0. The predicted octanol–water partition coefficient (Wildman–Crippen LogP) is 6.38. The van der Waals surface area contributed by atoms with Gasteiger partial charge in [-0.3, -0.25) is 4.79 Å². The second-order valence-electron chi connectivity index (χ2n) is 8.92. The van der Waals surface area contributed by atoms with E-state index < -0.39 is 6.36 Å². The third-order valence-electron chi connectivity index (χ3n) is 6.59. The van der Waals surface area contributed by atoms with Gasteiger partial charge in [0.2, 0.25) is 0 Å². The lowest BCUT2D eigenvalue weighted by Crippen LogP contribution is -2.38. The molecule has 3 aromatic rings. The molecule has 1 aliphatic rings. The van der Waals surface area contributed by atoms with Crippen LogP contribution in [0, 0.1) is 5.82 Å². The van der Waals surface area contributed by atoms with Crippen LogP contribution in [0.15, 0.2) is 42.6 Å². The number of rotatable bonds is 7. The van der Waals surface area contributed by atoms with Crippen molar-refractivity contribution in [2.45, 2.75) is 58.0 Å². The van der Waals surface area contributed by atoms with Crippen LogP contribution in [0.4, 0.5) is 17.6 Å². The van der Waals surface area contributed by atoms with E-state index in [0.717, 1.165) is 18.4 Å². The summed E-state index contributed by atoms with van der Waals surface area (Å²) in [7, 11) is 0. The summed E-state index contributed by atoms with van der Waals surface area (Å²) in [5, 5.41) is 0.427. The second kappa shape index (κ2) is 11.5. The number of nitrogens with two attached hydrogens (primary N) is 1. The number of carbonyl (C=O) groups is 1. The molecule has 2 N–H and O–H groups in total. The zero-order chi connectivity index (χ0) is 25.2. The van der Waals surface area contributed by atoms with Gasteiger partial charge in [0.25, 0.3) is 5.91 Å². The van der Waals surface area contributed by atoms with Crippen molar-refractivity contribution in [1.29, 1.82) is 0 Å². The smallest absolute Gasteiger partial charge is 0.404 e. The number of nitrogens with zero attached hydrogens (tertiary/aromatic N) is 2. The number of piperidine rings is 1.